The fourth-order valence-electron chi connectivity index (χ4n) is 2.39. The van der Waals surface area contributed by atoms with E-state index in [1.165, 1.54) is 12.5 Å². The predicted octanol–water partition coefficient (Wildman–Crippen LogP) is -0.612. The lowest BCUT2D eigenvalue weighted by atomic mass is 10.1. The van der Waals surface area contributed by atoms with E-state index in [0.29, 0.717) is 11.0 Å². The monoisotopic (exact) mass is 268 g/mol. The first-order chi connectivity index (χ1) is 9.09. The molecule has 3 rings (SSSR count). The van der Waals surface area contributed by atoms with Crippen LogP contribution >= 0.6 is 0 Å². The van der Waals surface area contributed by atoms with Gasteiger partial charge in [0, 0.05) is 6.20 Å². The third-order valence-corrected chi connectivity index (χ3v) is 3.40. The number of hydrogen-bond acceptors (Lipinski definition) is 6. The van der Waals surface area contributed by atoms with Crippen molar-refractivity contribution in [3.63, 3.8) is 0 Å². The third-order valence-electron chi connectivity index (χ3n) is 3.40. The molecule has 0 amide bonds. The molecule has 3 heterocycles. The Morgan fingerprint density at radius 1 is 1.58 bits per heavy atom. The maximum atomic E-state index is 15.1. The van der Waals surface area contributed by atoms with E-state index in [4.69, 9.17) is 10.5 Å². The van der Waals surface area contributed by atoms with Gasteiger partial charge in [-0.05, 0) is 6.07 Å². The van der Waals surface area contributed by atoms with E-state index in [9.17, 15) is 10.2 Å². The Kier molecular flexibility index (Phi) is 2.66. The van der Waals surface area contributed by atoms with Crippen LogP contribution in [0.15, 0.2) is 18.6 Å². The smallest absolute Gasteiger partial charge is 0.244 e. The standard InChI is InChI=1S/C11H13FN4O3/c12-11(7(18)4-19-8(11)3-17)16-5-15-9-6(16)1-2-14-10(9)13/h1-2,5,7-8,17-18H,3-4H2,(H2,13,14)/t7-,8+,11-/m0/s1. The van der Waals surface area contributed by atoms with Crippen LogP contribution in [0.2, 0.25) is 0 Å². The van der Waals surface area contributed by atoms with Gasteiger partial charge in [-0.25, -0.2) is 14.4 Å². The Hall–Kier alpha value is -1.77. The van der Waals surface area contributed by atoms with E-state index in [-0.39, 0.29) is 12.4 Å². The minimum absolute atomic E-state index is 0.175. The lowest BCUT2D eigenvalue weighted by Gasteiger charge is -2.29. The van der Waals surface area contributed by atoms with Crippen molar-refractivity contribution >= 4 is 16.9 Å². The van der Waals surface area contributed by atoms with Crippen LogP contribution < -0.4 is 5.73 Å². The summed E-state index contributed by atoms with van der Waals surface area (Å²) in [4.78, 5) is 7.86. The Bertz CT molecular complexity index is 619. The third kappa shape index (κ3) is 1.54. The Labute approximate surface area is 107 Å². The molecule has 3 atom stereocenters. The van der Waals surface area contributed by atoms with Crippen molar-refractivity contribution in [2.75, 3.05) is 18.9 Å². The molecule has 8 heteroatoms. The van der Waals surface area contributed by atoms with Crippen LogP contribution in [0, 0.1) is 0 Å². The number of hydrogen-bond donors (Lipinski definition) is 3. The Morgan fingerprint density at radius 2 is 2.37 bits per heavy atom. The molecule has 1 fully saturated rings. The summed E-state index contributed by atoms with van der Waals surface area (Å²) in [6.07, 6.45) is 0.101. The van der Waals surface area contributed by atoms with E-state index >= 15 is 4.39 Å². The van der Waals surface area contributed by atoms with Crippen LogP contribution in [0.4, 0.5) is 10.2 Å². The number of aliphatic hydroxyl groups is 2. The van der Waals surface area contributed by atoms with Gasteiger partial charge in [-0.2, -0.15) is 0 Å². The van der Waals surface area contributed by atoms with Gasteiger partial charge in [-0.1, -0.05) is 0 Å². The first kappa shape index (κ1) is 12.3. The lowest BCUT2D eigenvalue weighted by molar-refractivity contribution is -0.0852. The number of ether oxygens (including phenoxy) is 1. The highest BCUT2D eigenvalue weighted by Crippen LogP contribution is 2.38. The van der Waals surface area contributed by atoms with Crippen molar-refractivity contribution in [3.8, 4) is 0 Å². The number of imidazole rings is 1. The van der Waals surface area contributed by atoms with Crippen molar-refractivity contribution in [1.29, 1.82) is 0 Å². The molecule has 0 bridgehead atoms. The van der Waals surface area contributed by atoms with Gasteiger partial charge in [0.15, 0.2) is 5.82 Å². The fourth-order valence-corrected chi connectivity index (χ4v) is 2.39. The minimum Gasteiger partial charge on any atom is -0.393 e. The van der Waals surface area contributed by atoms with Gasteiger partial charge in [-0.15, -0.1) is 0 Å². The lowest BCUT2D eigenvalue weighted by Crippen LogP contribution is -2.46. The van der Waals surface area contributed by atoms with Gasteiger partial charge >= 0.3 is 0 Å². The molecule has 2 aromatic rings. The van der Waals surface area contributed by atoms with Crippen molar-refractivity contribution in [1.82, 2.24) is 14.5 Å². The first-order valence-corrected chi connectivity index (χ1v) is 5.76. The highest BCUT2D eigenvalue weighted by Gasteiger charge is 2.54. The second kappa shape index (κ2) is 4.12. The number of aromatic nitrogens is 3. The molecule has 0 aliphatic carbocycles. The molecular weight excluding hydrogens is 255 g/mol. The Morgan fingerprint density at radius 3 is 3.11 bits per heavy atom. The van der Waals surface area contributed by atoms with Gasteiger partial charge in [0.2, 0.25) is 5.79 Å². The van der Waals surface area contributed by atoms with E-state index in [1.54, 1.807) is 6.07 Å². The molecule has 2 aromatic heterocycles. The molecule has 4 N–H and O–H groups in total. The first-order valence-electron chi connectivity index (χ1n) is 5.76. The summed E-state index contributed by atoms with van der Waals surface area (Å²) >= 11 is 0. The molecule has 19 heavy (non-hydrogen) atoms. The molecule has 0 unspecified atom stereocenters. The molecule has 0 spiro atoms. The number of nitrogen functional groups attached to an aromatic ring is 1. The van der Waals surface area contributed by atoms with Crippen LogP contribution in [0.1, 0.15) is 0 Å². The second-order valence-corrected chi connectivity index (χ2v) is 4.43. The van der Waals surface area contributed by atoms with E-state index in [2.05, 4.69) is 9.97 Å². The molecule has 1 aliphatic rings. The summed E-state index contributed by atoms with van der Waals surface area (Å²) in [5.74, 6) is -2.11. The second-order valence-electron chi connectivity index (χ2n) is 4.43. The highest BCUT2D eigenvalue weighted by atomic mass is 19.1. The molecule has 7 nitrogen and oxygen atoms in total. The number of anilines is 1. The van der Waals surface area contributed by atoms with Crippen LogP contribution in [-0.2, 0) is 10.5 Å². The topological polar surface area (TPSA) is 106 Å². The summed E-state index contributed by atoms with van der Waals surface area (Å²) < 4.78 is 21.3. The molecule has 1 aliphatic heterocycles. The number of nitrogens with two attached hydrogens (primary N) is 1. The average molecular weight is 268 g/mol. The molecular formula is C11H13FN4O3. The van der Waals surface area contributed by atoms with Gasteiger partial charge < -0.3 is 20.7 Å². The van der Waals surface area contributed by atoms with Crippen molar-refractivity contribution < 1.29 is 19.3 Å². The largest absolute Gasteiger partial charge is 0.393 e. The highest BCUT2D eigenvalue weighted by molar-refractivity contribution is 5.84. The fraction of sp³-hybridized carbons (Fsp3) is 0.455. The van der Waals surface area contributed by atoms with Crippen LogP contribution in [-0.4, -0.2) is 50.2 Å². The van der Waals surface area contributed by atoms with Crippen LogP contribution in [0.25, 0.3) is 11.0 Å². The molecule has 102 valence electrons. The van der Waals surface area contributed by atoms with E-state index < -0.39 is 24.6 Å². The number of nitrogens with zero attached hydrogens (tertiary/aromatic N) is 3. The molecule has 0 saturated carbocycles. The normalized spacial score (nSPS) is 31.1. The maximum Gasteiger partial charge on any atom is 0.244 e. The van der Waals surface area contributed by atoms with Crippen LogP contribution in [0.5, 0.6) is 0 Å². The van der Waals surface area contributed by atoms with E-state index in [1.807, 2.05) is 0 Å². The van der Waals surface area contributed by atoms with Crippen molar-refractivity contribution in [3.05, 3.63) is 18.6 Å². The number of pyridine rings is 1. The summed E-state index contributed by atoms with van der Waals surface area (Å²) in [5.41, 5.74) is 6.39. The average Bonchev–Trinajstić information content (AvgIpc) is 2.94. The SMILES string of the molecule is Nc1nccc2c1ncn2[C@@]1(F)[C@@H](O)CO[C@@H]1CO. The zero-order valence-corrected chi connectivity index (χ0v) is 9.90. The number of fused-ring (bicyclic) bond motifs is 1. The number of alkyl halides is 1. The van der Waals surface area contributed by atoms with E-state index in [0.717, 1.165) is 4.57 Å². The quantitative estimate of drug-likeness (QED) is 0.670. The summed E-state index contributed by atoms with van der Waals surface area (Å²) in [5, 5.41) is 19.0. The van der Waals surface area contributed by atoms with Crippen LogP contribution in [0.3, 0.4) is 0 Å². The van der Waals surface area contributed by atoms with Gasteiger partial charge in [0.1, 0.15) is 17.7 Å². The van der Waals surface area contributed by atoms with Gasteiger partial charge in [-0.3, -0.25) is 4.57 Å². The number of halogens is 1. The predicted molar refractivity (Wildman–Crippen MR) is 63.9 cm³/mol. The summed E-state index contributed by atoms with van der Waals surface area (Å²) in [6.45, 7) is -0.740. The van der Waals surface area contributed by atoms with Gasteiger partial charge in [0.25, 0.3) is 0 Å². The van der Waals surface area contributed by atoms with Crippen molar-refractivity contribution in [2.24, 2.45) is 0 Å². The zero-order chi connectivity index (χ0) is 13.6. The molecule has 1 saturated heterocycles. The minimum atomic E-state index is -2.28. The molecule has 0 aromatic carbocycles. The maximum absolute atomic E-state index is 15.1. The number of rotatable bonds is 2. The summed E-state index contributed by atoms with van der Waals surface area (Å²) in [6, 6.07) is 1.54. The summed E-state index contributed by atoms with van der Waals surface area (Å²) in [7, 11) is 0. The van der Waals surface area contributed by atoms with Gasteiger partial charge in [0.05, 0.1) is 25.1 Å². The molecule has 0 radical (unpaired) electrons. The number of aliphatic hydroxyl groups excluding tert-OH is 2. The zero-order valence-electron chi connectivity index (χ0n) is 9.90. The van der Waals surface area contributed by atoms with Crippen molar-refractivity contribution in [2.45, 2.75) is 18.0 Å². The Balaban J connectivity index is 2.20.